The van der Waals surface area contributed by atoms with Crippen molar-refractivity contribution in [3.63, 3.8) is 0 Å². The molecular weight excluding hydrogens is 324 g/mol. The molecule has 2 rings (SSSR count). The van der Waals surface area contributed by atoms with Gasteiger partial charge in [-0.1, -0.05) is 0 Å². The lowest BCUT2D eigenvalue weighted by atomic mass is 10.1. The first-order chi connectivity index (χ1) is 9.69. The van der Waals surface area contributed by atoms with Crippen LogP contribution < -0.4 is 15.4 Å². The van der Waals surface area contributed by atoms with Crippen LogP contribution in [-0.2, 0) is 9.53 Å². The number of carbonyl (C=O) groups excluding carboxylic acids is 1. The highest BCUT2D eigenvalue weighted by Crippen LogP contribution is 2.27. The van der Waals surface area contributed by atoms with Gasteiger partial charge in [0, 0.05) is 11.8 Å². The van der Waals surface area contributed by atoms with Crippen molar-refractivity contribution < 1.29 is 14.3 Å². The van der Waals surface area contributed by atoms with E-state index in [1.165, 1.54) is 0 Å². The number of hydrogen-bond acceptors (Lipinski definition) is 4. The number of amides is 1. The average molecular weight is 343 g/mol. The van der Waals surface area contributed by atoms with E-state index >= 15 is 0 Å². The number of piperidine rings is 1. The molecule has 1 aliphatic rings. The van der Waals surface area contributed by atoms with Crippen molar-refractivity contribution in [3.8, 4) is 5.75 Å². The van der Waals surface area contributed by atoms with Crippen molar-refractivity contribution in [1.29, 1.82) is 0 Å². The lowest BCUT2D eigenvalue weighted by Gasteiger charge is -2.22. The molecule has 1 aromatic carbocycles. The maximum atomic E-state index is 11.8. The summed E-state index contributed by atoms with van der Waals surface area (Å²) >= 11 is 3.37. The van der Waals surface area contributed by atoms with Crippen molar-refractivity contribution in [2.45, 2.75) is 18.9 Å². The van der Waals surface area contributed by atoms with Gasteiger partial charge in [0.25, 0.3) is 0 Å². The molecule has 5 nitrogen and oxygen atoms in total. The van der Waals surface area contributed by atoms with Crippen molar-refractivity contribution in [2.75, 3.05) is 32.1 Å². The molecule has 1 amide bonds. The van der Waals surface area contributed by atoms with E-state index in [1.54, 1.807) is 13.2 Å². The number of anilines is 1. The summed E-state index contributed by atoms with van der Waals surface area (Å²) in [5.74, 6) is 0.537. The summed E-state index contributed by atoms with van der Waals surface area (Å²) in [6.45, 7) is 2.00. The monoisotopic (exact) mass is 342 g/mol. The van der Waals surface area contributed by atoms with Crippen LogP contribution >= 0.6 is 15.9 Å². The van der Waals surface area contributed by atoms with Gasteiger partial charge in [0.2, 0.25) is 5.91 Å². The quantitative estimate of drug-likeness (QED) is 0.860. The van der Waals surface area contributed by atoms with E-state index in [0.29, 0.717) is 11.4 Å². The lowest BCUT2D eigenvalue weighted by Crippen LogP contribution is -2.34. The third-order valence-corrected chi connectivity index (χ3v) is 3.83. The normalized spacial score (nSPS) is 15.9. The molecule has 2 N–H and O–H groups in total. The fourth-order valence-electron chi connectivity index (χ4n) is 2.09. The number of methoxy groups -OCH3 is 1. The van der Waals surface area contributed by atoms with Gasteiger partial charge in [0.15, 0.2) is 0 Å². The fourth-order valence-corrected chi connectivity index (χ4v) is 2.50. The van der Waals surface area contributed by atoms with Gasteiger partial charge in [0.1, 0.15) is 12.4 Å². The van der Waals surface area contributed by atoms with Crippen LogP contribution in [0, 0.1) is 0 Å². The summed E-state index contributed by atoms with van der Waals surface area (Å²) in [4.78, 5) is 11.8. The fraction of sp³-hybridized carbons (Fsp3) is 0.500. The third kappa shape index (κ3) is 4.47. The van der Waals surface area contributed by atoms with E-state index in [0.717, 1.165) is 30.4 Å². The van der Waals surface area contributed by atoms with E-state index in [-0.39, 0.29) is 18.6 Å². The van der Waals surface area contributed by atoms with Gasteiger partial charge < -0.3 is 20.1 Å². The highest BCUT2D eigenvalue weighted by Gasteiger charge is 2.15. The number of rotatable bonds is 5. The molecule has 0 saturated carbocycles. The minimum absolute atomic E-state index is 0.0864. The summed E-state index contributed by atoms with van der Waals surface area (Å²) < 4.78 is 11.6. The molecule has 1 fully saturated rings. The van der Waals surface area contributed by atoms with E-state index in [1.807, 2.05) is 12.1 Å². The van der Waals surface area contributed by atoms with Gasteiger partial charge in [-0.2, -0.15) is 0 Å². The SMILES string of the molecule is COc1cc(NC(=O)COC2CCNCC2)ccc1Br. The Labute approximate surface area is 127 Å². The molecule has 0 radical (unpaired) electrons. The third-order valence-electron chi connectivity index (χ3n) is 3.17. The molecule has 1 saturated heterocycles. The molecule has 110 valence electrons. The maximum absolute atomic E-state index is 11.8. The second-order valence-corrected chi connectivity index (χ2v) is 5.51. The average Bonchev–Trinajstić information content (AvgIpc) is 2.48. The minimum Gasteiger partial charge on any atom is -0.495 e. The van der Waals surface area contributed by atoms with E-state index in [2.05, 4.69) is 26.6 Å². The number of nitrogens with one attached hydrogen (secondary N) is 2. The molecular formula is C14H19BrN2O3. The zero-order valence-electron chi connectivity index (χ0n) is 11.4. The van der Waals surface area contributed by atoms with E-state index in [4.69, 9.17) is 9.47 Å². The molecule has 0 spiro atoms. The Kier molecular flexibility index (Phi) is 5.82. The smallest absolute Gasteiger partial charge is 0.250 e. The molecule has 6 heteroatoms. The molecule has 0 aliphatic carbocycles. The van der Waals surface area contributed by atoms with Crippen molar-refractivity contribution in [1.82, 2.24) is 5.32 Å². The first-order valence-corrected chi connectivity index (χ1v) is 7.44. The van der Waals surface area contributed by atoms with E-state index in [9.17, 15) is 4.79 Å². The zero-order chi connectivity index (χ0) is 14.4. The van der Waals surface area contributed by atoms with Crippen molar-refractivity contribution >= 4 is 27.5 Å². The van der Waals surface area contributed by atoms with Gasteiger partial charge in [0.05, 0.1) is 17.7 Å². The summed E-state index contributed by atoms with van der Waals surface area (Å²) in [7, 11) is 1.59. The number of carbonyl (C=O) groups is 1. The van der Waals surface area contributed by atoms with Crippen molar-refractivity contribution in [2.24, 2.45) is 0 Å². The van der Waals surface area contributed by atoms with Crippen molar-refractivity contribution in [3.05, 3.63) is 22.7 Å². The van der Waals surface area contributed by atoms with Crippen LogP contribution in [0.1, 0.15) is 12.8 Å². The Bertz CT molecular complexity index is 462. The van der Waals surface area contributed by atoms with Crippen LogP contribution in [0.2, 0.25) is 0 Å². The molecule has 0 aromatic heterocycles. The van der Waals surface area contributed by atoms with Crippen LogP contribution in [0.15, 0.2) is 22.7 Å². The van der Waals surface area contributed by atoms with Gasteiger partial charge >= 0.3 is 0 Å². The molecule has 20 heavy (non-hydrogen) atoms. The molecule has 1 aliphatic heterocycles. The Morgan fingerprint density at radius 3 is 2.90 bits per heavy atom. The predicted molar refractivity (Wildman–Crippen MR) is 81.2 cm³/mol. The second kappa shape index (κ2) is 7.61. The van der Waals surface area contributed by atoms with E-state index < -0.39 is 0 Å². The topological polar surface area (TPSA) is 59.6 Å². The Morgan fingerprint density at radius 1 is 1.45 bits per heavy atom. The van der Waals surface area contributed by atoms with Gasteiger partial charge in [-0.3, -0.25) is 4.79 Å². The van der Waals surface area contributed by atoms with Crippen LogP contribution in [-0.4, -0.2) is 38.8 Å². The Balaban J connectivity index is 1.81. The van der Waals surface area contributed by atoms with Gasteiger partial charge in [-0.25, -0.2) is 0 Å². The van der Waals surface area contributed by atoms with Crippen LogP contribution in [0.3, 0.4) is 0 Å². The van der Waals surface area contributed by atoms with Gasteiger partial charge in [-0.05, 0) is 54.0 Å². The highest BCUT2D eigenvalue weighted by atomic mass is 79.9. The molecule has 1 aromatic rings. The second-order valence-electron chi connectivity index (χ2n) is 4.66. The van der Waals surface area contributed by atoms with Crippen LogP contribution in [0.25, 0.3) is 0 Å². The summed E-state index contributed by atoms with van der Waals surface area (Å²) in [6.07, 6.45) is 2.10. The largest absolute Gasteiger partial charge is 0.495 e. The summed E-state index contributed by atoms with van der Waals surface area (Å²) in [5, 5.41) is 6.06. The molecule has 0 atom stereocenters. The zero-order valence-corrected chi connectivity index (χ0v) is 13.0. The highest BCUT2D eigenvalue weighted by molar-refractivity contribution is 9.10. The molecule has 0 bridgehead atoms. The predicted octanol–water partition coefficient (Wildman–Crippen LogP) is 2.16. The van der Waals surface area contributed by atoms with Gasteiger partial charge in [-0.15, -0.1) is 0 Å². The number of ether oxygens (including phenoxy) is 2. The minimum atomic E-state index is -0.145. The molecule has 0 unspecified atom stereocenters. The number of hydrogen-bond donors (Lipinski definition) is 2. The lowest BCUT2D eigenvalue weighted by molar-refractivity contribution is -0.123. The Hall–Kier alpha value is -1.11. The summed E-state index contributed by atoms with van der Waals surface area (Å²) in [6, 6.07) is 5.42. The van der Waals surface area contributed by atoms with Crippen LogP contribution in [0.5, 0.6) is 5.75 Å². The first-order valence-electron chi connectivity index (χ1n) is 6.65. The Morgan fingerprint density at radius 2 is 2.20 bits per heavy atom. The standard InChI is InChI=1S/C14H19BrN2O3/c1-19-13-8-10(2-3-12(13)15)17-14(18)9-20-11-4-6-16-7-5-11/h2-3,8,11,16H,4-7,9H2,1H3,(H,17,18). The number of benzene rings is 1. The maximum Gasteiger partial charge on any atom is 0.250 e. The molecule has 1 heterocycles. The number of halogens is 1. The van der Waals surface area contributed by atoms with Crippen LogP contribution in [0.4, 0.5) is 5.69 Å². The first kappa shape index (κ1) is 15.3. The summed E-state index contributed by atoms with van der Waals surface area (Å²) in [5.41, 5.74) is 0.698.